The Kier molecular flexibility index (Phi) is 3.35. The van der Waals surface area contributed by atoms with Gasteiger partial charge in [0, 0.05) is 0 Å². The number of aromatic carboxylic acids is 1. The molecule has 0 aromatic heterocycles. The highest BCUT2D eigenvalue weighted by Crippen LogP contribution is 2.24. The van der Waals surface area contributed by atoms with Crippen LogP contribution in [0.25, 0.3) is 0 Å². The molecule has 1 aliphatic rings. The number of carbonyl (C=O) groups excluding carboxylic acids is 2. The summed E-state index contributed by atoms with van der Waals surface area (Å²) in [5, 5.41) is 9.13. The molecule has 0 aliphatic carbocycles. The number of hydrogen-bond acceptors (Lipinski definition) is 4. The predicted octanol–water partition coefficient (Wildman–Crippen LogP) is 0.891. The lowest BCUT2D eigenvalue weighted by molar-refractivity contribution is -0.138. The fourth-order valence-electron chi connectivity index (χ4n) is 1.97. The zero-order valence-corrected chi connectivity index (χ0v) is 10.6. The molecule has 1 saturated heterocycles. The lowest BCUT2D eigenvalue weighted by Gasteiger charge is -2.25. The summed E-state index contributed by atoms with van der Waals surface area (Å²) in [6.07, 6.45) is 0. The summed E-state index contributed by atoms with van der Waals surface area (Å²) in [6.45, 7) is 3.06. The molecule has 0 radical (unpaired) electrons. The van der Waals surface area contributed by atoms with Crippen LogP contribution in [0.3, 0.4) is 0 Å². The van der Waals surface area contributed by atoms with Crippen molar-refractivity contribution in [2.45, 2.75) is 13.8 Å². The molecule has 2 rings (SSSR count). The van der Waals surface area contributed by atoms with Gasteiger partial charge in [-0.1, -0.05) is 0 Å². The minimum Gasteiger partial charge on any atom is -0.478 e. The first kappa shape index (κ1) is 13.2. The van der Waals surface area contributed by atoms with Crippen molar-refractivity contribution in [2.24, 2.45) is 0 Å². The summed E-state index contributed by atoms with van der Waals surface area (Å²) in [5.41, 5.74) is 1.69. The number of morpholine rings is 1. The van der Waals surface area contributed by atoms with E-state index in [1.54, 1.807) is 19.9 Å². The van der Waals surface area contributed by atoms with Gasteiger partial charge in [-0.3, -0.25) is 9.59 Å². The summed E-state index contributed by atoms with van der Waals surface area (Å²) < 4.78 is 4.82. The number of imide groups is 1. The van der Waals surface area contributed by atoms with E-state index in [1.165, 1.54) is 6.07 Å². The third-order valence-electron chi connectivity index (χ3n) is 3.09. The Morgan fingerprint density at radius 2 is 1.79 bits per heavy atom. The van der Waals surface area contributed by atoms with Crippen LogP contribution in [0.15, 0.2) is 12.1 Å². The van der Waals surface area contributed by atoms with E-state index >= 15 is 0 Å². The molecule has 1 fully saturated rings. The minimum atomic E-state index is -1.09. The molecule has 0 bridgehead atoms. The molecule has 6 nitrogen and oxygen atoms in total. The van der Waals surface area contributed by atoms with Crippen molar-refractivity contribution in [3.63, 3.8) is 0 Å². The summed E-state index contributed by atoms with van der Waals surface area (Å²) in [5.74, 6) is -2.07. The monoisotopic (exact) mass is 263 g/mol. The van der Waals surface area contributed by atoms with Crippen LogP contribution in [-0.2, 0) is 14.3 Å². The Morgan fingerprint density at radius 1 is 1.21 bits per heavy atom. The highest BCUT2D eigenvalue weighted by atomic mass is 16.5. The van der Waals surface area contributed by atoms with Gasteiger partial charge in [0.1, 0.15) is 13.2 Å². The van der Waals surface area contributed by atoms with Crippen molar-refractivity contribution < 1.29 is 24.2 Å². The van der Waals surface area contributed by atoms with Crippen LogP contribution in [0, 0.1) is 13.8 Å². The van der Waals surface area contributed by atoms with Crippen molar-refractivity contribution >= 4 is 23.5 Å². The molecule has 100 valence electrons. The second kappa shape index (κ2) is 4.81. The number of carbonyl (C=O) groups is 3. The fraction of sp³-hybridized carbons (Fsp3) is 0.308. The third kappa shape index (κ3) is 2.34. The van der Waals surface area contributed by atoms with Crippen molar-refractivity contribution in [3.8, 4) is 0 Å². The third-order valence-corrected chi connectivity index (χ3v) is 3.09. The Labute approximate surface area is 109 Å². The molecule has 1 aromatic carbocycles. The number of nitrogens with zero attached hydrogens (tertiary/aromatic N) is 1. The van der Waals surface area contributed by atoms with Crippen LogP contribution in [0.5, 0.6) is 0 Å². The van der Waals surface area contributed by atoms with Crippen LogP contribution in [-0.4, -0.2) is 36.1 Å². The first-order chi connectivity index (χ1) is 8.91. The van der Waals surface area contributed by atoms with Crippen molar-refractivity contribution in [1.82, 2.24) is 0 Å². The number of aryl methyl sites for hydroxylation is 1. The number of rotatable bonds is 2. The average Bonchev–Trinajstić information content (AvgIpc) is 2.32. The van der Waals surface area contributed by atoms with Gasteiger partial charge in [-0.05, 0) is 37.1 Å². The molecule has 0 unspecified atom stereocenters. The van der Waals surface area contributed by atoms with Gasteiger partial charge in [0.2, 0.25) is 0 Å². The summed E-state index contributed by atoms with van der Waals surface area (Å²) in [6, 6.07) is 2.97. The maximum atomic E-state index is 11.7. The van der Waals surface area contributed by atoms with Gasteiger partial charge in [-0.25, -0.2) is 9.69 Å². The van der Waals surface area contributed by atoms with E-state index in [0.717, 1.165) is 4.90 Å². The van der Waals surface area contributed by atoms with Gasteiger partial charge >= 0.3 is 5.97 Å². The number of carboxylic acid groups (broad SMARTS) is 1. The lowest BCUT2D eigenvalue weighted by Crippen LogP contribution is -2.46. The maximum Gasteiger partial charge on any atom is 0.336 e. The van der Waals surface area contributed by atoms with Gasteiger partial charge < -0.3 is 9.84 Å². The topological polar surface area (TPSA) is 83.9 Å². The highest BCUT2D eigenvalue weighted by molar-refractivity contribution is 6.17. The molecular formula is C13H13NO5. The van der Waals surface area contributed by atoms with Crippen LogP contribution in [0.1, 0.15) is 21.5 Å². The van der Waals surface area contributed by atoms with E-state index in [2.05, 4.69) is 0 Å². The van der Waals surface area contributed by atoms with Gasteiger partial charge in [0.05, 0.1) is 11.3 Å². The second-order valence-corrected chi connectivity index (χ2v) is 4.36. The zero-order valence-electron chi connectivity index (χ0n) is 10.6. The molecule has 19 heavy (non-hydrogen) atoms. The molecule has 0 saturated carbocycles. The van der Waals surface area contributed by atoms with Crippen molar-refractivity contribution in [2.75, 3.05) is 18.1 Å². The first-order valence-corrected chi connectivity index (χ1v) is 5.70. The number of amides is 2. The van der Waals surface area contributed by atoms with E-state index in [0.29, 0.717) is 11.1 Å². The molecule has 0 spiro atoms. The smallest absolute Gasteiger partial charge is 0.336 e. The lowest BCUT2D eigenvalue weighted by atomic mass is 10.0. The molecule has 1 heterocycles. The van der Waals surface area contributed by atoms with E-state index in [-0.39, 0.29) is 24.5 Å². The molecular weight excluding hydrogens is 250 g/mol. The normalized spacial score (nSPS) is 15.8. The van der Waals surface area contributed by atoms with Crippen LogP contribution >= 0.6 is 0 Å². The van der Waals surface area contributed by atoms with Crippen LogP contribution in [0.2, 0.25) is 0 Å². The summed E-state index contributed by atoms with van der Waals surface area (Å²) >= 11 is 0. The highest BCUT2D eigenvalue weighted by Gasteiger charge is 2.29. The number of carboxylic acids is 1. The number of hydrogen-bond donors (Lipinski definition) is 1. The Balaban J connectivity index is 2.53. The first-order valence-electron chi connectivity index (χ1n) is 5.70. The van der Waals surface area contributed by atoms with Gasteiger partial charge in [-0.15, -0.1) is 0 Å². The maximum absolute atomic E-state index is 11.7. The zero-order chi connectivity index (χ0) is 14.2. The van der Waals surface area contributed by atoms with Gasteiger partial charge in [-0.2, -0.15) is 0 Å². The molecule has 6 heteroatoms. The van der Waals surface area contributed by atoms with Crippen LogP contribution < -0.4 is 4.90 Å². The predicted molar refractivity (Wildman–Crippen MR) is 66.2 cm³/mol. The van der Waals surface area contributed by atoms with E-state index in [4.69, 9.17) is 9.84 Å². The fourth-order valence-corrected chi connectivity index (χ4v) is 1.97. The largest absolute Gasteiger partial charge is 0.478 e. The van der Waals surface area contributed by atoms with E-state index in [1.807, 2.05) is 0 Å². The standard InChI is InChI=1S/C13H13NO5/c1-7-3-9(4-10(8(7)2)13(17)18)14-11(15)5-19-6-12(14)16/h3-4H,5-6H2,1-2H3,(H,17,18). The quantitative estimate of drug-likeness (QED) is 0.801. The minimum absolute atomic E-state index is 0.0853. The molecule has 1 N–H and O–H groups in total. The van der Waals surface area contributed by atoms with E-state index in [9.17, 15) is 14.4 Å². The van der Waals surface area contributed by atoms with Crippen molar-refractivity contribution in [1.29, 1.82) is 0 Å². The van der Waals surface area contributed by atoms with Crippen LogP contribution in [0.4, 0.5) is 5.69 Å². The van der Waals surface area contributed by atoms with Gasteiger partial charge in [0.15, 0.2) is 0 Å². The number of anilines is 1. The average molecular weight is 263 g/mol. The van der Waals surface area contributed by atoms with Crippen molar-refractivity contribution in [3.05, 3.63) is 28.8 Å². The number of benzene rings is 1. The Morgan fingerprint density at radius 3 is 2.32 bits per heavy atom. The number of ether oxygens (including phenoxy) is 1. The van der Waals surface area contributed by atoms with Gasteiger partial charge in [0.25, 0.3) is 11.8 Å². The Hall–Kier alpha value is -2.21. The second-order valence-electron chi connectivity index (χ2n) is 4.36. The molecule has 1 aromatic rings. The molecule has 2 amide bonds. The molecule has 1 aliphatic heterocycles. The SMILES string of the molecule is Cc1cc(N2C(=O)COCC2=O)cc(C(=O)O)c1C. The molecule has 0 atom stereocenters. The summed E-state index contributed by atoms with van der Waals surface area (Å²) in [4.78, 5) is 35.6. The van der Waals surface area contributed by atoms with E-state index < -0.39 is 17.8 Å². The Bertz CT molecular complexity index is 563. The summed E-state index contributed by atoms with van der Waals surface area (Å²) in [7, 11) is 0.